The number of carbonyl (C=O) groups is 1. The first kappa shape index (κ1) is 15.1. The molecule has 1 rings (SSSR count). The van der Waals surface area contributed by atoms with E-state index in [2.05, 4.69) is 17.2 Å². The summed E-state index contributed by atoms with van der Waals surface area (Å²) >= 11 is 0. The van der Waals surface area contributed by atoms with Crippen LogP contribution in [0.3, 0.4) is 0 Å². The summed E-state index contributed by atoms with van der Waals surface area (Å²) < 4.78 is 37.0. The maximum Gasteiger partial charge on any atom is 0.416 e. The fourth-order valence-corrected chi connectivity index (χ4v) is 1.41. The molecule has 0 aliphatic rings. The van der Waals surface area contributed by atoms with Crippen LogP contribution >= 0.6 is 0 Å². The number of hydrogen-bond donors (Lipinski definition) is 2. The minimum atomic E-state index is -4.32. The van der Waals surface area contributed by atoms with Gasteiger partial charge in [0.1, 0.15) is 0 Å². The summed E-state index contributed by atoms with van der Waals surface area (Å²) in [6.07, 6.45) is -2.30. The third-order valence-corrected chi connectivity index (χ3v) is 2.39. The van der Waals surface area contributed by atoms with Gasteiger partial charge in [-0.2, -0.15) is 13.2 Å². The molecule has 0 aliphatic carbocycles. The van der Waals surface area contributed by atoms with E-state index < -0.39 is 11.7 Å². The second-order valence-corrected chi connectivity index (χ2v) is 3.87. The molecule has 104 valence electrons. The van der Waals surface area contributed by atoms with Gasteiger partial charge in [-0.05, 0) is 24.1 Å². The van der Waals surface area contributed by atoms with Gasteiger partial charge in [0.05, 0.1) is 5.56 Å². The number of urea groups is 1. The number of benzene rings is 1. The lowest BCUT2D eigenvalue weighted by atomic mass is 10.1. The number of hydrogen-bond acceptors (Lipinski definition) is 1. The van der Waals surface area contributed by atoms with Crippen molar-refractivity contribution in [1.29, 1.82) is 0 Å². The monoisotopic (exact) mass is 272 g/mol. The molecule has 0 aliphatic heterocycles. The van der Waals surface area contributed by atoms with Crippen molar-refractivity contribution in [3.05, 3.63) is 48.0 Å². The van der Waals surface area contributed by atoms with Crippen molar-refractivity contribution in [1.82, 2.24) is 10.6 Å². The van der Waals surface area contributed by atoms with Crippen LogP contribution < -0.4 is 10.6 Å². The van der Waals surface area contributed by atoms with Gasteiger partial charge in [0.25, 0.3) is 0 Å². The van der Waals surface area contributed by atoms with E-state index in [4.69, 9.17) is 0 Å². The summed E-state index contributed by atoms with van der Waals surface area (Å²) in [7, 11) is 0. The molecule has 0 unspecified atom stereocenters. The van der Waals surface area contributed by atoms with Crippen LogP contribution in [0.15, 0.2) is 36.9 Å². The number of rotatable bonds is 5. The zero-order valence-corrected chi connectivity index (χ0v) is 10.3. The van der Waals surface area contributed by atoms with Crippen molar-refractivity contribution in [3.63, 3.8) is 0 Å². The highest BCUT2D eigenvalue weighted by molar-refractivity contribution is 5.73. The Labute approximate surface area is 109 Å². The molecule has 0 saturated carbocycles. The molecule has 1 aromatic rings. The molecular formula is C13H15F3N2O. The van der Waals surface area contributed by atoms with Gasteiger partial charge >= 0.3 is 12.2 Å². The van der Waals surface area contributed by atoms with Gasteiger partial charge in [0.2, 0.25) is 0 Å². The minimum absolute atomic E-state index is 0.327. The Morgan fingerprint density at radius 1 is 1.21 bits per heavy atom. The zero-order chi connectivity index (χ0) is 14.3. The van der Waals surface area contributed by atoms with Gasteiger partial charge in [-0.15, -0.1) is 6.58 Å². The van der Waals surface area contributed by atoms with E-state index in [9.17, 15) is 18.0 Å². The number of carbonyl (C=O) groups excluding carboxylic acids is 1. The maximum atomic E-state index is 12.3. The van der Waals surface area contributed by atoms with Crippen molar-refractivity contribution >= 4 is 6.03 Å². The van der Waals surface area contributed by atoms with Gasteiger partial charge in [0.15, 0.2) is 0 Å². The molecule has 2 amide bonds. The summed E-state index contributed by atoms with van der Waals surface area (Å²) in [5.74, 6) is 0. The van der Waals surface area contributed by atoms with Gasteiger partial charge in [0, 0.05) is 13.1 Å². The number of halogens is 3. The van der Waals surface area contributed by atoms with Gasteiger partial charge in [-0.25, -0.2) is 4.79 Å². The fourth-order valence-electron chi connectivity index (χ4n) is 1.41. The second kappa shape index (κ2) is 6.82. The molecule has 0 saturated heterocycles. The molecule has 1 aromatic carbocycles. The molecule has 0 fully saturated rings. The lowest BCUT2D eigenvalue weighted by Crippen LogP contribution is -2.36. The van der Waals surface area contributed by atoms with Crippen molar-refractivity contribution < 1.29 is 18.0 Å². The summed E-state index contributed by atoms with van der Waals surface area (Å²) in [4.78, 5) is 11.2. The highest BCUT2D eigenvalue weighted by atomic mass is 19.4. The Morgan fingerprint density at radius 2 is 1.84 bits per heavy atom. The molecule has 6 heteroatoms. The minimum Gasteiger partial charge on any atom is -0.338 e. The first-order valence-corrected chi connectivity index (χ1v) is 5.72. The molecule has 0 spiro atoms. The zero-order valence-electron chi connectivity index (χ0n) is 10.3. The highest BCUT2D eigenvalue weighted by Crippen LogP contribution is 2.29. The van der Waals surface area contributed by atoms with Crippen molar-refractivity contribution in [3.8, 4) is 0 Å². The van der Waals surface area contributed by atoms with Gasteiger partial charge < -0.3 is 10.6 Å². The Morgan fingerprint density at radius 3 is 2.37 bits per heavy atom. The molecule has 3 nitrogen and oxygen atoms in total. The molecular weight excluding hydrogens is 257 g/mol. The molecule has 2 N–H and O–H groups in total. The predicted octanol–water partition coefficient (Wildman–Crippen LogP) is 2.73. The van der Waals surface area contributed by atoms with Gasteiger partial charge in [-0.1, -0.05) is 18.2 Å². The van der Waals surface area contributed by atoms with Crippen LogP contribution in [-0.4, -0.2) is 19.1 Å². The molecule has 0 bridgehead atoms. The summed E-state index contributed by atoms with van der Waals surface area (Å²) in [5, 5.41) is 5.12. The van der Waals surface area contributed by atoms with Gasteiger partial charge in [-0.3, -0.25) is 0 Å². The van der Waals surface area contributed by atoms with Crippen LogP contribution in [0.1, 0.15) is 11.1 Å². The van der Waals surface area contributed by atoms with Crippen molar-refractivity contribution in [2.24, 2.45) is 0 Å². The smallest absolute Gasteiger partial charge is 0.338 e. The normalized spacial score (nSPS) is 10.9. The van der Waals surface area contributed by atoms with E-state index in [1.165, 1.54) is 12.1 Å². The van der Waals surface area contributed by atoms with E-state index in [1.807, 2.05) is 0 Å². The average Bonchev–Trinajstić information content (AvgIpc) is 2.36. The number of amides is 2. The van der Waals surface area contributed by atoms with E-state index in [0.717, 1.165) is 17.7 Å². The van der Waals surface area contributed by atoms with E-state index in [1.54, 1.807) is 6.08 Å². The van der Waals surface area contributed by atoms with E-state index in [-0.39, 0.29) is 6.03 Å². The molecule has 0 aromatic heterocycles. The Kier molecular flexibility index (Phi) is 5.41. The topological polar surface area (TPSA) is 41.1 Å². The molecule has 0 heterocycles. The summed E-state index contributed by atoms with van der Waals surface area (Å²) in [6.45, 7) is 4.18. The first-order valence-electron chi connectivity index (χ1n) is 5.72. The lowest BCUT2D eigenvalue weighted by Gasteiger charge is -2.08. The lowest BCUT2D eigenvalue weighted by molar-refractivity contribution is -0.137. The fraction of sp³-hybridized carbons (Fsp3) is 0.308. The largest absolute Gasteiger partial charge is 0.416 e. The quantitative estimate of drug-likeness (QED) is 0.795. The predicted molar refractivity (Wildman–Crippen MR) is 66.7 cm³/mol. The van der Waals surface area contributed by atoms with Crippen LogP contribution in [0, 0.1) is 0 Å². The SMILES string of the molecule is C=CCNC(=O)NCCc1ccc(C(F)(F)F)cc1. The summed E-state index contributed by atoms with van der Waals surface area (Å²) in [5.41, 5.74) is 0.0601. The highest BCUT2D eigenvalue weighted by Gasteiger charge is 2.29. The first-order chi connectivity index (χ1) is 8.93. The Bertz CT molecular complexity index is 427. The van der Waals surface area contributed by atoms with Crippen LogP contribution in [-0.2, 0) is 12.6 Å². The van der Waals surface area contributed by atoms with Crippen LogP contribution in [0.4, 0.5) is 18.0 Å². The molecule has 19 heavy (non-hydrogen) atoms. The Balaban J connectivity index is 2.38. The molecule has 0 radical (unpaired) electrons. The molecule has 0 atom stereocenters. The van der Waals surface area contributed by atoms with Crippen molar-refractivity contribution in [2.45, 2.75) is 12.6 Å². The number of nitrogens with one attached hydrogen (secondary N) is 2. The summed E-state index contributed by atoms with van der Waals surface area (Å²) in [6, 6.07) is 4.56. The van der Waals surface area contributed by atoms with Crippen LogP contribution in [0.25, 0.3) is 0 Å². The average molecular weight is 272 g/mol. The number of alkyl halides is 3. The standard InChI is InChI=1S/C13H15F3N2O/c1-2-8-17-12(19)18-9-7-10-3-5-11(6-4-10)13(14,15)16/h2-6H,1,7-9H2,(H2,17,18,19). The van der Waals surface area contributed by atoms with E-state index >= 15 is 0 Å². The van der Waals surface area contributed by atoms with E-state index in [0.29, 0.717) is 19.5 Å². The van der Waals surface area contributed by atoms with Crippen LogP contribution in [0.2, 0.25) is 0 Å². The maximum absolute atomic E-state index is 12.3. The Hall–Kier alpha value is -1.98. The third-order valence-electron chi connectivity index (χ3n) is 2.39. The van der Waals surface area contributed by atoms with Crippen molar-refractivity contribution in [2.75, 3.05) is 13.1 Å². The third kappa shape index (κ3) is 5.46. The van der Waals surface area contributed by atoms with Crippen LogP contribution in [0.5, 0.6) is 0 Å². The second-order valence-electron chi connectivity index (χ2n) is 3.87.